The minimum Gasteiger partial charge on any atom is -0.420 e. The maximum absolute atomic E-state index is 6.06. The van der Waals surface area contributed by atoms with Crippen LogP contribution in [-0.4, -0.2) is 45.7 Å². The molecule has 0 aliphatic carbocycles. The van der Waals surface area contributed by atoms with E-state index in [2.05, 4.69) is 20.3 Å². The van der Waals surface area contributed by atoms with Gasteiger partial charge in [0.25, 0.3) is 5.89 Å². The quantitative estimate of drug-likeness (QED) is 0.712. The van der Waals surface area contributed by atoms with Crippen LogP contribution in [0, 0.1) is 0 Å². The Morgan fingerprint density at radius 1 is 1.23 bits per heavy atom. The van der Waals surface area contributed by atoms with Gasteiger partial charge < -0.3 is 14.1 Å². The van der Waals surface area contributed by atoms with Crippen LogP contribution in [0.5, 0.6) is 0 Å². The summed E-state index contributed by atoms with van der Waals surface area (Å²) in [6.07, 6.45) is 9.11. The van der Waals surface area contributed by atoms with Gasteiger partial charge in [0.2, 0.25) is 5.89 Å². The summed E-state index contributed by atoms with van der Waals surface area (Å²) in [4.78, 5) is 6.20. The second-order valence-corrected chi connectivity index (χ2v) is 6.72. The van der Waals surface area contributed by atoms with E-state index in [4.69, 9.17) is 9.15 Å². The van der Waals surface area contributed by atoms with Crippen LogP contribution in [0.25, 0.3) is 11.5 Å². The Kier molecular flexibility index (Phi) is 4.42. The van der Waals surface area contributed by atoms with Crippen LogP contribution < -0.4 is 4.90 Å². The number of rotatable bonds is 4. The van der Waals surface area contributed by atoms with Crippen LogP contribution in [0.2, 0.25) is 0 Å². The lowest BCUT2D eigenvalue weighted by Gasteiger charge is -2.28. The van der Waals surface area contributed by atoms with Crippen molar-refractivity contribution in [3.05, 3.63) is 42.3 Å². The minimum absolute atomic E-state index is 0.0219. The maximum Gasteiger partial charge on any atom is 0.251 e. The summed E-state index contributed by atoms with van der Waals surface area (Å²) < 4.78 is 13.9. The molecule has 3 aromatic rings. The van der Waals surface area contributed by atoms with Gasteiger partial charge in [-0.25, -0.2) is 0 Å². The molecule has 2 atom stereocenters. The molecule has 8 heteroatoms. The second kappa shape index (κ2) is 6.87. The van der Waals surface area contributed by atoms with Crippen molar-refractivity contribution < 1.29 is 9.15 Å². The summed E-state index contributed by atoms with van der Waals surface area (Å²) in [6, 6.07) is 1.93. The Morgan fingerprint density at radius 3 is 2.88 bits per heavy atom. The fourth-order valence-corrected chi connectivity index (χ4v) is 3.38. The maximum atomic E-state index is 6.06. The summed E-state index contributed by atoms with van der Waals surface area (Å²) in [5.74, 6) is 1.10. The number of aromatic nitrogens is 5. The first-order chi connectivity index (χ1) is 12.6. The lowest BCUT2D eigenvalue weighted by Crippen LogP contribution is -2.21. The Balaban J connectivity index is 1.66. The van der Waals surface area contributed by atoms with E-state index < -0.39 is 0 Å². The highest BCUT2D eigenvalue weighted by Crippen LogP contribution is 2.41. The van der Waals surface area contributed by atoms with Crippen LogP contribution in [0.3, 0.4) is 0 Å². The third kappa shape index (κ3) is 3.08. The van der Waals surface area contributed by atoms with Crippen molar-refractivity contribution in [1.29, 1.82) is 0 Å². The van der Waals surface area contributed by atoms with Crippen LogP contribution in [0.4, 0.5) is 5.69 Å². The normalized spacial score (nSPS) is 20.3. The summed E-state index contributed by atoms with van der Waals surface area (Å²) >= 11 is 0. The Bertz CT molecular complexity index is 887. The smallest absolute Gasteiger partial charge is 0.251 e. The third-order valence-electron chi connectivity index (χ3n) is 4.64. The zero-order valence-electron chi connectivity index (χ0n) is 15.2. The molecule has 1 fully saturated rings. The van der Waals surface area contributed by atoms with Gasteiger partial charge in [-0.15, -0.1) is 10.2 Å². The standard InChI is InChI=1S/C18H22N6O2/c1-23(2)15-6-7-19-10-14(15)18-22-21-17(26-18)13-5-4-8-25-16(13)12-9-20-24(3)11-12/h6-7,9-11,13,16H,4-5,8H2,1-3H3/t13-,16+/m1/s1. The van der Waals surface area contributed by atoms with Crippen LogP contribution >= 0.6 is 0 Å². The van der Waals surface area contributed by atoms with Gasteiger partial charge in [0.15, 0.2) is 0 Å². The van der Waals surface area contributed by atoms with Crippen molar-refractivity contribution in [2.24, 2.45) is 7.05 Å². The third-order valence-corrected chi connectivity index (χ3v) is 4.64. The Morgan fingerprint density at radius 2 is 2.12 bits per heavy atom. The molecular weight excluding hydrogens is 332 g/mol. The average molecular weight is 354 g/mol. The van der Waals surface area contributed by atoms with E-state index in [-0.39, 0.29) is 12.0 Å². The number of ether oxygens (including phenoxy) is 1. The zero-order valence-corrected chi connectivity index (χ0v) is 15.2. The molecule has 8 nitrogen and oxygen atoms in total. The summed E-state index contributed by atoms with van der Waals surface area (Å²) in [6.45, 7) is 0.727. The van der Waals surface area contributed by atoms with E-state index in [0.29, 0.717) is 11.8 Å². The van der Waals surface area contributed by atoms with Crippen molar-refractivity contribution in [3.63, 3.8) is 0 Å². The van der Waals surface area contributed by atoms with E-state index in [0.717, 1.165) is 36.3 Å². The molecule has 0 bridgehead atoms. The second-order valence-electron chi connectivity index (χ2n) is 6.72. The molecule has 3 aromatic heterocycles. The van der Waals surface area contributed by atoms with Crippen molar-refractivity contribution >= 4 is 5.69 Å². The molecule has 0 spiro atoms. The fourth-order valence-electron chi connectivity index (χ4n) is 3.38. The first-order valence-corrected chi connectivity index (χ1v) is 8.68. The van der Waals surface area contributed by atoms with E-state index in [1.807, 2.05) is 44.5 Å². The van der Waals surface area contributed by atoms with Crippen LogP contribution in [0.15, 0.2) is 35.3 Å². The monoisotopic (exact) mass is 354 g/mol. The predicted molar refractivity (Wildman–Crippen MR) is 95.7 cm³/mol. The van der Waals surface area contributed by atoms with Crippen LogP contribution in [0.1, 0.15) is 36.3 Å². The van der Waals surface area contributed by atoms with Crippen LogP contribution in [-0.2, 0) is 11.8 Å². The largest absolute Gasteiger partial charge is 0.420 e. The Hall–Kier alpha value is -2.74. The molecule has 0 aromatic carbocycles. The van der Waals surface area contributed by atoms with Gasteiger partial charge in [-0.3, -0.25) is 9.67 Å². The van der Waals surface area contributed by atoms with Crippen molar-refractivity contribution in [2.45, 2.75) is 24.9 Å². The van der Waals surface area contributed by atoms with Crippen molar-refractivity contribution in [3.8, 4) is 11.5 Å². The number of aryl methyl sites for hydroxylation is 1. The van der Waals surface area contributed by atoms with Gasteiger partial charge in [-0.1, -0.05) is 0 Å². The first kappa shape index (κ1) is 16.7. The number of nitrogens with zero attached hydrogens (tertiary/aromatic N) is 6. The van der Waals surface area contributed by atoms with Gasteiger partial charge in [-0.2, -0.15) is 5.10 Å². The molecule has 0 radical (unpaired) electrons. The lowest BCUT2D eigenvalue weighted by molar-refractivity contribution is -0.00890. The van der Waals surface area contributed by atoms with E-state index >= 15 is 0 Å². The molecule has 136 valence electrons. The molecule has 1 aliphatic rings. The molecular formula is C18H22N6O2. The molecule has 1 saturated heterocycles. The molecule has 4 rings (SSSR count). The van der Waals surface area contributed by atoms with E-state index in [1.165, 1.54) is 0 Å². The summed E-state index contributed by atoms with van der Waals surface area (Å²) in [7, 11) is 5.85. The number of anilines is 1. The van der Waals surface area contributed by atoms with E-state index in [9.17, 15) is 0 Å². The van der Waals surface area contributed by atoms with Gasteiger partial charge >= 0.3 is 0 Å². The van der Waals surface area contributed by atoms with Gasteiger partial charge in [0.05, 0.1) is 29.5 Å². The van der Waals surface area contributed by atoms with Gasteiger partial charge in [-0.05, 0) is 18.9 Å². The number of hydrogen-bond acceptors (Lipinski definition) is 7. The highest BCUT2D eigenvalue weighted by atomic mass is 16.5. The summed E-state index contributed by atoms with van der Waals surface area (Å²) in [5, 5.41) is 12.9. The molecule has 4 heterocycles. The van der Waals surface area contributed by atoms with Crippen molar-refractivity contribution in [1.82, 2.24) is 25.0 Å². The summed E-state index contributed by atoms with van der Waals surface area (Å²) in [5.41, 5.74) is 2.84. The number of pyridine rings is 1. The van der Waals surface area contributed by atoms with Crippen molar-refractivity contribution in [2.75, 3.05) is 25.6 Å². The SMILES string of the molecule is CN(C)c1ccncc1-c1nnc([C@@H]2CCCO[C@H]2c2cnn(C)c2)o1. The lowest BCUT2D eigenvalue weighted by atomic mass is 9.91. The zero-order chi connectivity index (χ0) is 18.1. The average Bonchev–Trinajstić information content (AvgIpc) is 3.31. The minimum atomic E-state index is -0.118. The molecule has 26 heavy (non-hydrogen) atoms. The van der Waals surface area contributed by atoms with Gasteiger partial charge in [0.1, 0.15) is 0 Å². The molecule has 0 N–H and O–H groups in total. The Labute approximate surface area is 151 Å². The predicted octanol–water partition coefficient (Wildman–Crippen LogP) is 2.57. The fraction of sp³-hybridized carbons (Fsp3) is 0.444. The molecule has 0 unspecified atom stereocenters. The van der Waals surface area contributed by atoms with Gasteiger partial charge in [0, 0.05) is 51.9 Å². The highest BCUT2D eigenvalue weighted by Gasteiger charge is 2.34. The molecule has 0 saturated carbocycles. The highest BCUT2D eigenvalue weighted by molar-refractivity contribution is 5.71. The first-order valence-electron chi connectivity index (χ1n) is 8.68. The van der Waals surface area contributed by atoms with E-state index in [1.54, 1.807) is 17.1 Å². The topological polar surface area (TPSA) is 82.1 Å². The molecule has 1 aliphatic heterocycles. The number of hydrogen-bond donors (Lipinski definition) is 0. The molecule has 0 amide bonds.